The molecule has 0 saturated carbocycles. The van der Waals surface area contributed by atoms with E-state index in [0.29, 0.717) is 11.4 Å². The van der Waals surface area contributed by atoms with E-state index in [4.69, 9.17) is 4.74 Å². The Kier molecular flexibility index (Phi) is 6.15. The van der Waals surface area contributed by atoms with Gasteiger partial charge < -0.3 is 10.1 Å². The molecular formula is C13H20BrNO2S. The monoisotopic (exact) mass is 333 g/mol. The van der Waals surface area contributed by atoms with Crippen molar-refractivity contribution in [2.24, 2.45) is 5.41 Å². The topological polar surface area (TPSA) is 38.3 Å². The van der Waals surface area contributed by atoms with Crippen molar-refractivity contribution in [3.05, 3.63) is 16.3 Å². The van der Waals surface area contributed by atoms with Crippen LogP contribution in [-0.4, -0.2) is 24.9 Å². The van der Waals surface area contributed by atoms with Crippen molar-refractivity contribution >= 4 is 33.2 Å². The first-order valence-electron chi connectivity index (χ1n) is 6.07. The fourth-order valence-electron chi connectivity index (χ4n) is 1.64. The lowest BCUT2D eigenvalue weighted by Crippen LogP contribution is -2.37. The lowest BCUT2D eigenvalue weighted by molar-refractivity contribution is 0.0936. The van der Waals surface area contributed by atoms with E-state index >= 15 is 0 Å². The average Bonchev–Trinajstić information content (AvgIpc) is 2.89. The summed E-state index contributed by atoms with van der Waals surface area (Å²) in [6.07, 6.45) is 2.09. The van der Waals surface area contributed by atoms with E-state index in [9.17, 15) is 4.79 Å². The number of ether oxygens (including phenoxy) is 1. The van der Waals surface area contributed by atoms with Gasteiger partial charge in [-0.15, -0.1) is 11.3 Å². The number of carbonyl (C=O) groups is 1. The van der Waals surface area contributed by atoms with Crippen LogP contribution in [0.15, 0.2) is 11.4 Å². The van der Waals surface area contributed by atoms with E-state index in [0.717, 1.165) is 23.9 Å². The number of nitrogens with one attached hydrogen (secondary N) is 1. The molecule has 0 atom stereocenters. The maximum Gasteiger partial charge on any atom is 0.261 e. The van der Waals surface area contributed by atoms with Crippen LogP contribution in [-0.2, 0) is 0 Å². The first-order chi connectivity index (χ1) is 8.60. The number of methoxy groups -OCH3 is 1. The Hall–Kier alpha value is -0.550. The Labute approximate surface area is 121 Å². The van der Waals surface area contributed by atoms with Crippen LogP contribution in [0, 0.1) is 5.41 Å². The second-order valence-corrected chi connectivity index (χ2v) is 5.85. The van der Waals surface area contributed by atoms with E-state index < -0.39 is 0 Å². The third-order valence-electron chi connectivity index (χ3n) is 3.44. The van der Waals surface area contributed by atoms with Crippen LogP contribution in [0.5, 0.6) is 5.75 Å². The molecule has 0 aliphatic heterocycles. The van der Waals surface area contributed by atoms with Gasteiger partial charge in [0.15, 0.2) is 0 Å². The Morgan fingerprint density at radius 3 is 2.61 bits per heavy atom. The van der Waals surface area contributed by atoms with Crippen molar-refractivity contribution in [2.45, 2.75) is 26.7 Å². The molecule has 0 fully saturated rings. The first-order valence-corrected chi connectivity index (χ1v) is 8.07. The zero-order valence-corrected chi connectivity index (χ0v) is 13.5. The van der Waals surface area contributed by atoms with Crippen molar-refractivity contribution < 1.29 is 9.53 Å². The summed E-state index contributed by atoms with van der Waals surface area (Å²) in [6.45, 7) is 5.01. The molecule has 0 radical (unpaired) electrons. The summed E-state index contributed by atoms with van der Waals surface area (Å²) >= 11 is 4.95. The van der Waals surface area contributed by atoms with Gasteiger partial charge in [-0.05, 0) is 18.3 Å². The molecule has 1 aromatic rings. The second kappa shape index (κ2) is 7.14. The second-order valence-electron chi connectivity index (χ2n) is 4.37. The van der Waals surface area contributed by atoms with Gasteiger partial charge in [-0.1, -0.05) is 29.8 Å². The highest BCUT2D eigenvalue weighted by molar-refractivity contribution is 9.09. The summed E-state index contributed by atoms with van der Waals surface area (Å²) in [7, 11) is 1.60. The summed E-state index contributed by atoms with van der Waals surface area (Å²) < 4.78 is 5.08. The molecule has 1 heterocycles. The molecule has 1 N–H and O–H groups in total. The smallest absolute Gasteiger partial charge is 0.261 e. The van der Waals surface area contributed by atoms with Gasteiger partial charge >= 0.3 is 0 Å². The zero-order valence-electron chi connectivity index (χ0n) is 11.1. The number of thiophene rings is 1. The summed E-state index contributed by atoms with van der Waals surface area (Å²) in [5.41, 5.74) is 0.150. The van der Waals surface area contributed by atoms with E-state index in [1.807, 2.05) is 5.38 Å². The fraction of sp³-hybridized carbons (Fsp3) is 0.615. The quantitative estimate of drug-likeness (QED) is 0.773. The van der Waals surface area contributed by atoms with Gasteiger partial charge in [-0.3, -0.25) is 4.79 Å². The molecule has 5 heteroatoms. The van der Waals surface area contributed by atoms with Crippen molar-refractivity contribution in [1.82, 2.24) is 5.32 Å². The fourth-order valence-corrected chi connectivity index (χ4v) is 3.40. The Morgan fingerprint density at radius 2 is 2.17 bits per heavy atom. The van der Waals surface area contributed by atoms with E-state index in [1.54, 1.807) is 13.2 Å². The lowest BCUT2D eigenvalue weighted by Gasteiger charge is -2.29. The molecule has 1 amide bonds. The van der Waals surface area contributed by atoms with Crippen LogP contribution in [0.25, 0.3) is 0 Å². The van der Waals surface area contributed by atoms with Gasteiger partial charge in [-0.25, -0.2) is 0 Å². The van der Waals surface area contributed by atoms with E-state index in [1.165, 1.54) is 11.3 Å². The number of rotatable bonds is 7. The van der Waals surface area contributed by atoms with Crippen LogP contribution in [0.2, 0.25) is 0 Å². The highest BCUT2D eigenvalue weighted by atomic mass is 79.9. The molecule has 0 bridgehead atoms. The number of hydrogen-bond acceptors (Lipinski definition) is 3. The SMILES string of the molecule is CCC(CC)(CBr)CNC(=O)c1cc(OC)cs1. The predicted octanol–water partition coefficient (Wildman–Crippen LogP) is 3.69. The number of alkyl halides is 1. The van der Waals surface area contributed by atoms with Crippen LogP contribution < -0.4 is 10.1 Å². The maximum atomic E-state index is 12.0. The number of amides is 1. The molecule has 18 heavy (non-hydrogen) atoms. The molecular weight excluding hydrogens is 314 g/mol. The summed E-state index contributed by atoms with van der Waals surface area (Å²) in [5, 5.41) is 5.76. The summed E-state index contributed by atoms with van der Waals surface area (Å²) in [5.74, 6) is 0.721. The first kappa shape index (κ1) is 15.5. The van der Waals surface area contributed by atoms with Crippen LogP contribution in [0.4, 0.5) is 0 Å². The Morgan fingerprint density at radius 1 is 1.50 bits per heavy atom. The molecule has 0 saturated heterocycles. The molecule has 0 aromatic carbocycles. The van der Waals surface area contributed by atoms with E-state index in [-0.39, 0.29) is 11.3 Å². The number of hydrogen-bond donors (Lipinski definition) is 1. The van der Waals surface area contributed by atoms with Crippen LogP contribution in [0.3, 0.4) is 0 Å². The molecule has 1 rings (SSSR count). The van der Waals surface area contributed by atoms with Crippen molar-refractivity contribution in [3.8, 4) is 5.75 Å². The molecule has 1 aromatic heterocycles. The van der Waals surface area contributed by atoms with Gasteiger partial charge in [0.25, 0.3) is 5.91 Å². The molecule has 0 unspecified atom stereocenters. The minimum absolute atomic E-state index is 0.0180. The lowest BCUT2D eigenvalue weighted by atomic mass is 9.84. The third kappa shape index (κ3) is 3.72. The van der Waals surface area contributed by atoms with Crippen LogP contribution >= 0.6 is 27.3 Å². The normalized spacial score (nSPS) is 11.3. The average molecular weight is 334 g/mol. The summed E-state index contributed by atoms with van der Waals surface area (Å²) in [4.78, 5) is 12.7. The highest BCUT2D eigenvalue weighted by Crippen LogP contribution is 2.28. The molecule has 102 valence electrons. The number of carbonyl (C=O) groups excluding carboxylic acids is 1. The highest BCUT2D eigenvalue weighted by Gasteiger charge is 2.25. The van der Waals surface area contributed by atoms with Crippen molar-refractivity contribution in [2.75, 3.05) is 19.0 Å². The predicted molar refractivity (Wildman–Crippen MR) is 80.0 cm³/mol. The Balaban J connectivity index is 2.59. The van der Waals surface area contributed by atoms with Gasteiger partial charge in [0, 0.05) is 23.3 Å². The third-order valence-corrected chi connectivity index (χ3v) is 5.54. The minimum atomic E-state index is -0.0180. The number of halogens is 1. The van der Waals surface area contributed by atoms with Gasteiger partial charge in [0.2, 0.25) is 0 Å². The Bertz CT molecular complexity index is 380. The van der Waals surface area contributed by atoms with Crippen molar-refractivity contribution in [3.63, 3.8) is 0 Å². The maximum absolute atomic E-state index is 12.0. The van der Waals surface area contributed by atoms with Crippen molar-refractivity contribution in [1.29, 1.82) is 0 Å². The van der Waals surface area contributed by atoms with Gasteiger partial charge in [-0.2, -0.15) is 0 Å². The standard InChI is InChI=1S/C13H20BrNO2S/c1-4-13(5-2,8-14)9-15-12(16)11-6-10(17-3)7-18-11/h6-7H,4-5,8-9H2,1-3H3,(H,15,16). The molecule has 3 nitrogen and oxygen atoms in total. The minimum Gasteiger partial charge on any atom is -0.496 e. The largest absolute Gasteiger partial charge is 0.496 e. The van der Waals surface area contributed by atoms with E-state index in [2.05, 4.69) is 35.1 Å². The zero-order chi connectivity index (χ0) is 13.6. The van der Waals surface area contributed by atoms with Crippen LogP contribution in [0.1, 0.15) is 36.4 Å². The molecule has 0 spiro atoms. The summed E-state index contributed by atoms with van der Waals surface area (Å²) in [6, 6.07) is 1.77. The molecule has 0 aliphatic rings. The molecule has 0 aliphatic carbocycles. The van der Waals surface area contributed by atoms with Gasteiger partial charge in [0.1, 0.15) is 5.75 Å². The van der Waals surface area contributed by atoms with Gasteiger partial charge in [0.05, 0.1) is 12.0 Å².